The van der Waals surface area contributed by atoms with E-state index in [1.165, 1.54) is 6.42 Å². The summed E-state index contributed by atoms with van der Waals surface area (Å²) >= 11 is 0. The minimum atomic E-state index is 0.168. The molecule has 0 fully saturated rings. The first-order valence-corrected chi connectivity index (χ1v) is 11.0. The molecule has 1 aromatic rings. The average Bonchev–Trinajstić information content (AvgIpc) is 2.75. The van der Waals surface area contributed by atoms with Crippen LogP contribution in [0.15, 0.2) is 23.2 Å². The second kappa shape index (κ2) is 14.1. The summed E-state index contributed by atoms with van der Waals surface area (Å²) in [5.41, 5.74) is 1.16. The molecule has 0 amide bonds. The summed E-state index contributed by atoms with van der Waals surface area (Å²) in [6.45, 7) is 10.8. The Morgan fingerprint density at radius 3 is 2.30 bits per heavy atom. The summed E-state index contributed by atoms with van der Waals surface area (Å²) in [4.78, 5) is 9.06. The molecule has 2 unspecified atom stereocenters. The van der Waals surface area contributed by atoms with Crippen LogP contribution < -0.4 is 20.1 Å². The summed E-state index contributed by atoms with van der Waals surface area (Å²) in [6, 6.07) is 6.61. The minimum Gasteiger partial charge on any atom is -0.493 e. The number of nitrogens with zero attached hydrogens (tertiary/aromatic N) is 3. The lowest BCUT2D eigenvalue weighted by Gasteiger charge is -2.27. The van der Waals surface area contributed by atoms with Gasteiger partial charge in [0.15, 0.2) is 17.5 Å². The summed E-state index contributed by atoms with van der Waals surface area (Å²) in [5.74, 6) is 2.31. The zero-order chi connectivity index (χ0) is 22.5. The van der Waals surface area contributed by atoms with Crippen molar-refractivity contribution in [3.63, 3.8) is 0 Å². The topological polar surface area (TPSA) is 61.4 Å². The van der Waals surface area contributed by atoms with E-state index in [-0.39, 0.29) is 6.04 Å². The molecule has 2 N–H and O–H groups in total. The molecule has 0 heterocycles. The van der Waals surface area contributed by atoms with Crippen molar-refractivity contribution in [1.82, 2.24) is 20.4 Å². The summed E-state index contributed by atoms with van der Waals surface area (Å²) in [6.07, 6.45) is 2.29. The number of aliphatic imine (C=N–C) groups is 1. The van der Waals surface area contributed by atoms with E-state index in [0.29, 0.717) is 6.04 Å². The van der Waals surface area contributed by atoms with Crippen molar-refractivity contribution < 1.29 is 9.47 Å². The Labute approximate surface area is 183 Å². The third-order valence-electron chi connectivity index (χ3n) is 5.49. The number of methoxy groups -OCH3 is 2. The third-order valence-corrected chi connectivity index (χ3v) is 5.49. The summed E-state index contributed by atoms with van der Waals surface area (Å²) < 4.78 is 10.8. The van der Waals surface area contributed by atoms with Gasteiger partial charge in [-0.15, -0.1) is 0 Å². The first kappa shape index (κ1) is 26.0. The van der Waals surface area contributed by atoms with Gasteiger partial charge in [-0.25, -0.2) is 0 Å². The predicted molar refractivity (Wildman–Crippen MR) is 127 cm³/mol. The van der Waals surface area contributed by atoms with Crippen LogP contribution in [0.4, 0.5) is 0 Å². The molecule has 0 spiro atoms. The van der Waals surface area contributed by atoms with Gasteiger partial charge in [0.2, 0.25) is 0 Å². The predicted octanol–water partition coefficient (Wildman–Crippen LogP) is 2.98. The van der Waals surface area contributed by atoms with Crippen LogP contribution in [0, 0.1) is 0 Å². The number of hydrogen-bond acceptors (Lipinski definition) is 5. The quantitative estimate of drug-likeness (QED) is 0.377. The van der Waals surface area contributed by atoms with E-state index < -0.39 is 0 Å². The van der Waals surface area contributed by atoms with Crippen molar-refractivity contribution >= 4 is 5.96 Å². The largest absolute Gasteiger partial charge is 0.493 e. The fourth-order valence-corrected chi connectivity index (χ4v) is 3.51. The molecule has 30 heavy (non-hydrogen) atoms. The molecular formula is C23H43N5O2. The van der Waals surface area contributed by atoms with Gasteiger partial charge in [-0.2, -0.15) is 0 Å². The van der Waals surface area contributed by atoms with E-state index in [4.69, 9.17) is 9.47 Å². The number of guanidine groups is 1. The Kier molecular flexibility index (Phi) is 12.2. The van der Waals surface area contributed by atoms with Crippen LogP contribution >= 0.6 is 0 Å². The van der Waals surface area contributed by atoms with Crippen molar-refractivity contribution in [3.8, 4) is 11.5 Å². The Bertz CT molecular complexity index is 632. The Balaban J connectivity index is 2.66. The summed E-state index contributed by atoms with van der Waals surface area (Å²) in [5, 5.41) is 7.00. The molecule has 1 rings (SSSR count). The van der Waals surface area contributed by atoms with E-state index in [2.05, 4.69) is 66.4 Å². The maximum Gasteiger partial charge on any atom is 0.191 e. The zero-order valence-electron chi connectivity index (χ0n) is 20.3. The molecule has 7 heteroatoms. The van der Waals surface area contributed by atoms with Gasteiger partial charge in [-0.1, -0.05) is 19.9 Å². The highest BCUT2D eigenvalue weighted by Crippen LogP contribution is 2.31. The molecule has 0 saturated heterocycles. The second-order valence-corrected chi connectivity index (χ2v) is 7.76. The van der Waals surface area contributed by atoms with Crippen LogP contribution in [-0.4, -0.2) is 83.3 Å². The van der Waals surface area contributed by atoms with Gasteiger partial charge in [0, 0.05) is 19.6 Å². The highest BCUT2D eigenvalue weighted by Gasteiger charge is 2.17. The number of likely N-dealkylation sites (N-methyl/N-ethyl adjacent to an activating group) is 1. The molecule has 0 radical (unpaired) electrons. The Morgan fingerprint density at radius 1 is 1.10 bits per heavy atom. The van der Waals surface area contributed by atoms with Crippen LogP contribution in [0.1, 0.15) is 45.2 Å². The highest BCUT2D eigenvalue weighted by molar-refractivity contribution is 5.80. The van der Waals surface area contributed by atoms with Crippen molar-refractivity contribution in [3.05, 3.63) is 23.8 Å². The smallest absolute Gasteiger partial charge is 0.191 e. The van der Waals surface area contributed by atoms with Crippen molar-refractivity contribution in [1.29, 1.82) is 0 Å². The lowest BCUT2D eigenvalue weighted by molar-refractivity contribution is 0.291. The average molecular weight is 422 g/mol. The molecule has 0 aromatic heterocycles. The van der Waals surface area contributed by atoms with Crippen molar-refractivity contribution in [2.24, 2.45) is 4.99 Å². The van der Waals surface area contributed by atoms with Crippen LogP contribution in [0.2, 0.25) is 0 Å². The van der Waals surface area contributed by atoms with Gasteiger partial charge in [-0.3, -0.25) is 4.99 Å². The minimum absolute atomic E-state index is 0.168. The number of rotatable bonds is 13. The van der Waals surface area contributed by atoms with E-state index in [1.807, 2.05) is 19.2 Å². The van der Waals surface area contributed by atoms with Gasteiger partial charge in [-0.05, 0) is 71.2 Å². The van der Waals surface area contributed by atoms with E-state index in [9.17, 15) is 0 Å². The molecule has 7 nitrogen and oxygen atoms in total. The molecule has 0 bridgehead atoms. The molecule has 0 aliphatic carbocycles. The fourth-order valence-electron chi connectivity index (χ4n) is 3.51. The monoisotopic (exact) mass is 421 g/mol. The van der Waals surface area contributed by atoms with Crippen LogP contribution in [0.25, 0.3) is 0 Å². The van der Waals surface area contributed by atoms with Gasteiger partial charge in [0.05, 0.1) is 20.3 Å². The number of ether oxygens (including phenoxy) is 2. The lowest BCUT2D eigenvalue weighted by atomic mass is 10.1. The Morgan fingerprint density at radius 2 is 1.77 bits per heavy atom. The first-order chi connectivity index (χ1) is 14.4. The molecule has 0 saturated carbocycles. The van der Waals surface area contributed by atoms with E-state index >= 15 is 0 Å². The SMILES string of the molecule is CCN(CC)CCCC(C)NC(=NC)NCC(c1ccc(OC)c(OC)c1)N(C)C. The normalized spacial score (nSPS) is 14.0. The molecule has 0 aliphatic heterocycles. The molecule has 0 aliphatic rings. The maximum absolute atomic E-state index is 5.47. The van der Waals surface area contributed by atoms with E-state index in [0.717, 1.165) is 55.6 Å². The van der Waals surface area contributed by atoms with Crippen molar-refractivity contribution in [2.75, 3.05) is 61.5 Å². The third kappa shape index (κ3) is 8.40. The zero-order valence-corrected chi connectivity index (χ0v) is 20.3. The van der Waals surface area contributed by atoms with Gasteiger partial charge < -0.3 is 29.9 Å². The summed E-state index contributed by atoms with van der Waals surface area (Å²) in [7, 11) is 9.29. The Hall–Kier alpha value is -1.99. The van der Waals surface area contributed by atoms with Crippen molar-refractivity contribution in [2.45, 2.75) is 45.7 Å². The fraction of sp³-hybridized carbons (Fsp3) is 0.696. The first-order valence-electron chi connectivity index (χ1n) is 11.0. The lowest BCUT2D eigenvalue weighted by Crippen LogP contribution is -2.45. The number of hydrogen-bond donors (Lipinski definition) is 2. The van der Waals surface area contributed by atoms with Crippen LogP contribution in [0.3, 0.4) is 0 Å². The second-order valence-electron chi connectivity index (χ2n) is 7.76. The van der Waals surface area contributed by atoms with Crippen LogP contribution in [-0.2, 0) is 0 Å². The standard InChI is InChI=1S/C23H43N5O2/c1-9-28(10-2)15-11-12-18(3)26-23(24-4)25-17-20(27(5)6)19-13-14-21(29-7)22(16-19)30-8/h13-14,16,18,20H,9-12,15,17H2,1-8H3,(H2,24,25,26). The van der Waals surface area contributed by atoms with Gasteiger partial charge >= 0.3 is 0 Å². The van der Waals surface area contributed by atoms with Gasteiger partial charge in [0.1, 0.15) is 0 Å². The van der Waals surface area contributed by atoms with Crippen LogP contribution in [0.5, 0.6) is 11.5 Å². The molecule has 172 valence electrons. The molecule has 2 atom stereocenters. The molecule has 1 aromatic carbocycles. The highest BCUT2D eigenvalue weighted by atomic mass is 16.5. The number of nitrogens with one attached hydrogen (secondary N) is 2. The van der Waals surface area contributed by atoms with Gasteiger partial charge in [0.25, 0.3) is 0 Å². The van der Waals surface area contributed by atoms with E-state index in [1.54, 1.807) is 14.2 Å². The maximum atomic E-state index is 5.47. The molecular weight excluding hydrogens is 378 g/mol. The number of benzene rings is 1.